The fourth-order valence-electron chi connectivity index (χ4n) is 1.62. The summed E-state index contributed by atoms with van der Waals surface area (Å²) in [7, 11) is 0. The zero-order valence-electron chi connectivity index (χ0n) is 5.76. The van der Waals surface area contributed by atoms with E-state index in [0.717, 1.165) is 0 Å². The van der Waals surface area contributed by atoms with Crippen LogP contribution >= 0.6 is 0 Å². The second kappa shape index (κ2) is 1.60. The molecule has 1 nitrogen and oxygen atoms in total. The second-order valence-electron chi connectivity index (χ2n) is 3.12. The van der Waals surface area contributed by atoms with E-state index in [2.05, 4.69) is 13.5 Å². The molecule has 0 aromatic carbocycles. The van der Waals surface area contributed by atoms with Gasteiger partial charge in [-0.2, -0.15) is 0 Å². The maximum absolute atomic E-state index is 5.40. The van der Waals surface area contributed by atoms with Crippen LogP contribution in [0.3, 0.4) is 0 Å². The average Bonchev–Trinajstić information content (AvgIpc) is 2.58. The van der Waals surface area contributed by atoms with Gasteiger partial charge in [-0.25, -0.2) is 0 Å². The normalized spacial score (nSPS) is 48.6. The van der Waals surface area contributed by atoms with Gasteiger partial charge in [0.05, 0.1) is 12.2 Å². The fraction of sp³-hybridized carbons (Fsp3) is 0.750. The number of rotatable bonds is 0. The van der Waals surface area contributed by atoms with Crippen molar-refractivity contribution < 1.29 is 4.74 Å². The van der Waals surface area contributed by atoms with Gasteiger partial charge in [0, 0.05) is 5.92 Å². The Labute approximate surface area is 55.7 Å². The number of ether oxygens (including phenoxy) is 1. The minimum atomic E-state index is 0.547. The standard InChI is InChI=1S/C8H12O/c1-5-3-4-7-8(9-7)6(5)2/h6-8H,1,3-4H2,2H3. The first kappa shape index (κ1) is 5.48. The Balaban J connectivity index is 2.10. The molecule has 0 radical (unpaired) electrons. The number of epoxide rings is 1. The Bertz CT molecular complexity index is 151. The van der Waals surface area contributed by atoms with Crippen LogP contribution in [-0.2, 0) is 4.74 Å². The third-order valence-corrected chi connectivity index (χ3v) is 2.51. The summed E-state index contributed by atoms with van der Waals surface area (Å²) in [5.41, 5.74) is 1.38. The lowest BCUT2D eigenvalue weighted by atomic mass is 9.87. The summed E-state index contributed by atoms with van der Waals surface area (Å²) in [5, 5.41) is 0. The highest BCUT2D eigenvalue weighted by Gasteiger charge is 2.46. The van der Waals surface area contributed by atoms with E-state index in [0.29, 0.717) is 18.1 Å². The Morgan fingerprint density at radius 1 is 1.67 bits per heavy atom. The van der Waals surface area contributed by atoms with Crippen LogP contribution in [0.25, 0.3) is 0 Å². The van der Waals surface area contributed by atoms with E-state index in [1.807, 2.05) is 0 Å². The first-order valence-electron chi connectivity index (χ1n) is 3.62. The lowest BCUT2D eigenvalue weighted by Crippen LogP contribution is -2.14. The highest BCUT2D eigenvalue weighted by atomic mass is 16.6. The van der Waals surface area contributed by atoms with Gasteiger partial charge in [-0.1, -0.05) is 19.1 Å². The molecule has 1 heteroatoms. The highest BCUT2D eigenvalue weighted by molar-refractivity contribution is 5.12. The smallest absolute Gasteiger partial charge is 0.0904 e. The molecule has 0 amide bonds. The highest BCUT2D eigenvalue weighted by Crippen LogP contribution is 2.42. The van der Waals surface area contributed by atoms with E-state index in [1.165, 1.54) is 18.4 Å². The van der Waals surface area contributed by atoms with Crippen molar-refractivity contribution in [2.75, 3.05) is 0 Å². The van der Waals surface area contributed by atoms with Crippen LogP contribution in [0.5, 0.6) is 0 Å². The van der Waals surface area contributed by atoms with Crippen LogP contribution < -0.4 is 0 Å². The van der Waals surface area contributed by atoms with Crippen molar-refractivity contribution in [3.8, 4) is 0 Å². The zero-order valence-corrected chi connectivity index (χ0v) is 5.76. The number of hydrogen-bond acceptors (Lipinski definition) is 1. The summed E-state index contributed by atoms with van der Waals surface area (Å²) in [4.78, 5) is 0. The Morgan fingerprint density at radius 2 is 2.44 bits per heavy atom. The quantitative estimate of drug-likeness (QED) is 0.354. The van der Waals surface area contributed by atoms with Crippen LogP contribution in [0.1, 0.15) is 19.8 Å². The molecule has 3 unspecified atom stereocenters. The Morgan fingerprint density at radius 3 is 3.11 bits per heavy atom. The molecule has 3 atom stereocenters. The van der Waals surface area contributed by atoms with Gasteiger partial charge in [0.25, 0.3) is 0 Å². The van der Waals surface area contributed by atoms with Crippen molar-refractivity contribution in [3.05, 3.63) is 12.2 Å². The lowest BCUT2D eigenvalue weighted by Gasteiger charge is -2.15. The lowest BCUT2D eigenvalue weighted by molar-refractivity contribution is 0.351. The molecule has 0 aromatic rings. The third-order valence-electron chi connectivity index (χ3n) is 2.51. The first-order chi connectivity index (χ1) is 4.29. The number of fused-ring (bicyclic) bond motifs is 1. The molecule has 2 fully saturated rings. The van der Waals surface area contributed by atoms with Crippen molar-refractivity contribution in [2.45, 2.75) is 32.0 Å². The molecule has 1 saturated carbocycles. The molecule has 0 aromatic heterocycles. The van der Waals surface area contributed by atoms with Gasteiger partial charge in [-0.15, -0.1) is 0 Å². The van der Waals surface area contributed by atoms with Crippen molar-refractivity contribution in [1.82, 2.24) is 0 Å². The van der Waals surface area contributed by atoms with E-state index in [9.17, 15) is 0 Å². The SMILES string of the molecule is C=C1CCC2OC2C1C. The first-order valence-corrected chi connectivity index (χ1v) is 3.62. The summed E-state index contributed by atoms with van der Waals surface area (Å²) in [6, 6.07) is 0. The van der Waals surface area contributed by atoms with Gasteiger partial charge >= 0.3 is 0 Å². The molecular formula is C8H12O. The largest absolute Gasteiger partial charge is 0.369 e. The molecule has 2 rings (SSSR count). The minimum absolute atomic E-state index is 0.547. The molecule has 0 N–H and O–H groups in total. The van der Waals surface area contributed by atoms with E-state index in [4.69, 9.17) is 4.74 Å². The van der Waals surface area contributed by atoms with Crippen LogP contribution in [0.4, 0.5) is 0 Å². The maximum Gasteiger partial charge on any atom is 0.0904 e. The van der Waals surface area contributed by atoms with E-state index < -0.39 is 0 Å². The number of hydrogen-bond donors (Lipinski definition) is 0. The second-order valence-corrected chi connectivity index (χ2v) is 3.12. The van der Waals surface area contributed by atoms with Gasteiger partial charge in [0.1, 0.15) is 0 Å². The fourth-order valence-corrected chi connectivity index (χ4v) is 1.62. The topological polar surface area (TPSA) is 12.5 Å². The summed E-state index contributed by atoms with van der Waals surface area (Å²) >= 11 is 0. The Hall–Kier alpha value is -0.300. The van der Waals surface area contributed by atoms with Crippen molar-refractivity contribution in [1.29, 1.82) is 0 Å². The molecule has 1 heterocycles. The summed E-state index contributed by atoms with van der Waals surface area (Å²) < 4.78 is 5.40. The van der Waals surface area contributed by atoms with Crippen molar-refractivity contribution in [3.63, 3.8) is 0 Å². The van der Waals surface area contributed by atoms with E-state index >= 15 is 0 Å². The van der Waals surface area contributed by atoms with Crippen LogP contribution in [-0.4, -0.2) is 12.2 Å². The molecular weight excluding hydrogens is 112 g/mol. The van der Waals surface area contributed by atoms with Gasteiger partial charge in [0.2, 0.25) is 0 Å². The molecule has 1 saturated heterocycles. The molecule has 1 aliphatic carbocycles. The summed E-state index contributed by atoms with van der Waals surface area (Å²) in [5.74, 6) is 0.628. The summed E-state index contributed by atoms with van der Waals surface area (Å²) in [6.45, 7) is 6.21. The zero-order chi connectivity index (χ0) is 6.43. The average molecular weight is 124 g/mol. The van der Waals surface area contributed by atoms with Crippen molar-refractivity contribution in [2.24, 2.45) is 5.92 Å². The molecule has 1 aliphatic heterocycles. The van der Waals surface area contributed by atoms with E-state index in [1.54, 1.807) is 0 Å². The predicted octanol–water partition coefficient (Wildman–Crippen LogP) is 1.74. The summed E-state index contributed by atoms with van der Waals surface area (Å²) in [6.07, 6.45) is 3.55. The van der Waals surface area contributed by atoms with Gasteiger partial charge in [-0.05, 0) is 12.8 Å². The van der Waals surface area contributed by atoms with Crippen LogP contribution in [0.2, 0.25) is 0 Å². The molecule has 2 aliphatic rings. The van der Waals surface area contributed by atoms with Crippen LogP contribution in [0.15, 0.2) is 12.2 Å². The minimum Gasteiger partial charge on any atom is -0.369 e. The van der Waals surface area contributed by atoms with Gasteiger partial charge in [0.15, 0.2) is 0 Å². The maximum atomic E-state index is 5.40. The van der Waals surface area contributed by atoms with Crippen LogP contribution in [0, 0.1) is 5.92 Å². The molecule has 0 spiro atoms. The van der Waals surface area contributed by atoms with Gasteiger partial charge in [-0.3, -0.25) is 0 Å². The van der Waals surface area contributed by atoms with Gasteiger partial charge < -0.3 is 4.74 Å². The Kier molecular flexibility index (Phi) is 0.974. The molecule has 0 bridgehead atoms. The third kappa shape index (κ3) is 0.715. The van der Waals surface area contributed by atoms with E-state index in [-0.39, 0.29) is 0 Å². The monoisotopic (exact) mass is 124 g/mol. The molecule has 50 valence electrons. The predicted molar refractivity (Wildman–Crippen MR) is 36.2 cm³/mol. The van der Waals surface area contributed by atoms with Crippen molar-refractivity contribution >= 4 is 0 Å². The molecule has 9 heavy (non-hydrogen) atoms.